The summed E-state index contributed by atoms with van der Waals surface area (Å²) in [6.45, 7) is 4.23. The molecule has 3 rings (SSSR count). The lowest BCUT2D eigenvalue weighted by molar-refractivity contribution is 0.555. The zero-order valence-electron chi connectivity index (χ0n) is 13.4. The van der Waals surface area contributed by atoms with Crippen molar-refractivity contribution in [2.75, 3.05) is 0 Å². The molecule has 2 N–H and O–H groups in total. The first kappa shape index (κ1) is 16.5. The van der Waals surface area contributed by atoms with Crippen LogP contribution in [-0.4, -0.2) is 13.4 Å². The van der Waals surface area contributed by atoms with Gasteiger partial charge >= 0.3 is 5.76 Å². The molecular weight excluding hydrogens is 328 g/mol. The molecule has 0 aliphatic carbocycles. The Morgan fingerprint density at radius 2 is 1.83 bits per heavy atom. The Labute approximate surface area is 139 Å². The zero-order valence-corrected chi connectivity index (χ0v) is 14.2. The van der Waals surface area contributed by atoms with Gasteiger partial charge in [0.15, 0.2) is 5.58 Å². The summed E-state index contributed by atoms with van der Waals surface area (Å²) in [4.78, 5) is 13.9. The van der Waals surface area contributed by atoms with E-state index in [2.05, 4.69) is 23.6 Å². The molecule has 126 valence electrons. The Hall–Kier alpha value is -2.38. The molecule has 0 fully saturated rings. The third-order valence-corrected chi connectivity index (χ3v) is 5.22. The standard InChI is InChI=1S/C17H18N2O4S/c1-11(2)13-4-6-14(7-5-13)24(21,22)18-10-12-3-8-16-15(9-12)19-17(20)23-16/h3-9,11,18H,10H2,1-2H3,(H,19,20). The molecule has 6 nitrogen and oxygen atoms in total. The van der Waals surface area contributed by atoms with Gasteiger partial charge < -0.3 is 4.42 Å². The number of oxazole rings is 1. The highest BCUT2D eigenvalue weighted by Crippen LogP contribution is 2.18. The van der Waals surface area contributed by atoms with E-state index in [4.69, 9.17) is 4.42 Å². The van der Waals surface area contributed by atoms with Crippen molar-refractivity contribution < 1.29 is 12.8 Å². The van der Waals surface area contributed by atoms with E-state index in [-0.39, 0.29) is 11.4 Å². The topological polar surface area (TPSA) is 92.2 Å². The highest BCUT2D eigenvalue weighted by molar-refractivity contribution is 7.89. The maximum Gasteiger partial charge on any atom is 0.417 e. The molecule has 0 amide bonds. The number of nitrogens with one attached hydrogen (secondary N) is 2. The summed E-state index contributed by atoms with van der Waals surface area (Å²) in [5.74, 6) is -0.188. The highest BCUT2D eigenvalue weighted by atomic mass is 32.2. The molecule has 3 aromatic rings. The average molecular weight is 346 g/mol. The van der Waals surface area contributed by atoms with E-state index in [1.54, 1.807) is 30.3 Å². The summed E-state index contributed by atoms with van der Waals surface area (Å²) < 4.78 is 32.2. The minimum Gasteiger partial charge on any atom is -0.408 e. The average Bonchev–Trinajstić information content (AvgIpc) is 2.92. The molecule has 0 bridgehead atoms. The second kappa shape index (κ2) is 6.26. The normalized spacial score (nSPS) is 12.1. The van der Waals surface area contributed by atoms with Crippen LogP contribution in [0.2, 0.25) is 0 Å². The predicted molar refractivity (Wildman–Crippen MR) is 91.4 cm³/mol. The van der Waals surface area contributed by atoms with Crippen LogP contribution in [-0.2, 0) is 16.6 Å². The molecule has 0 saturated heterocycles. The minimum absolute atomic E-state index is 0.122. The van der Waals surface area contributed by atoms with Crippen molar-refractivity contribution in [3.05, 3.63) is 64.1 Å². The molecule has 2 aromatic carbocycles. The molecule has 0 spiro atoms. The van der Waals surface area contributed by atoms with Gasteiger partial charge in [-0.25, -0.2) is 17.9 Å². The molecule has 1 aromatic heterocycles. The fourth-order valence-electron chi connectivity index (χ4n) is 2.40. The summed E-state index contributed by atoms with van der Waals surface area (Å²) >= 11 is 0. The van der Waals surface area contributed by atoms with E-state index in [9.17, 15) is 13.2 Å². The van der Waals surface area contributed by atoms with Crippen LogP contribution in [0.3, 0.4) is 0 Å². The first-order valence-electron chi connectivity index (χ1n) is 7.56. The Bertz CT molecular complexity index is 1010. The number of fused-ring (bicyclic) bond motifs is 1. The van der Waals surface area contributed by atoms with Gasteiger partial charge in [0.2, 0.25) is 10.0 Å². The highest BCUT2D eigenvalue weighted by Gasteiger charge is 2.14. The van der Waals surface area contributed by atoms with Crippen LogP contribution in [0.15, 0.2) is 56.6 Å². The summed E-state index contributed by atoms with van der Waals surface area (Å²) in [6.07, 6.45) is 0. The molecule has 0 radical (unpaired) electrons. The van der Waals surface area contributed by atoms with Crippen molar-refractivity contribution in [2.24, 2.45) is 0 Å². The summed E-state index contributed by atoms with van der Waals surface area (Å²) in [7, 11) is -3.59. The van der Waals surface area contributed by atoms with Gasteiger partial charge in [-0.15, -0.1) is 0 Å². The Morgan fingerprint density at radius 1 is 1.12 bits per heavy atom. The zero-order chi connectivity index (χ0) is 17.3. The minimum atomic E-state index is -3.59. The smallest absolute Gasteiger partial charge is 0.408 e. The number of sulfonamides is 1. The van der Waals surface area contributed by atoms with Crippen LogP contribution in [0, 0.1) is 0 Å². The van der Waals surface area contributed by atoms with E-state index in [0.29, 0.717) is 17.0 Å². The fraction of sp³-hybridized carbons (Fsp3) is 0.235. The van der Waals surface area contributed by atoms with Gasteiger partial charge in [-0.3, -0.25) is 4.98 Å². The number of aromatic amines is 1. The van der Waals surface area contributed by atoms with Crippen LogP contribution >= 0.6 is 0 Å². The quantitative estimate of drug-likeness (QED) is 0.743. The van der Waals surface area contributed by atoms with Crippen molar-refractivity contribution in [1.29, 1.82) is 0 Å². The van der Waals surface area contributed by atoms with Gasteiger partial charge in [0.1, 0.15) is 0 Å². The lowest BCUT2D eigenvalue weighted by Crippen LogP contribution is -2.23. The van der Waals surface area contributed by atoms with Gasteiger partial charge in [-0.05, 0) is 41.3 Å². The van der Waals surface area contributed by atoms with E-state index < -0.39 is 15.8 Å². The van der Waals surface area contributed by atoms with Crippen LogP contribution in [0.5, 0.6) is 0 Å². The van der Waals surface area contributed by atoms with Crippen molar-refractivity contribution in [2.45, 2.75) is 31.2 Å². The molecule has 1 heterocycles. The first-order chi connectivity index (χ1) is 11.3. The third-order valence-electron chi connectivity index (χ3n) is 3.81. The largest absolute Gasteiger partial charge is 0.417 e. The lowest BCUT2D eigenvalue weighted by atomic mass is 10.0. The Balaban J connectivity index is 1.77. The lowest BCUT2D eigenvalue weighted by Gasteiger charge is -2.09. The van der Waals surface area contributed by atoms with E-state index >= 15 is 0 Å². The summed E-state index contributed by atoms with van der Waals surface area (Å²) in [5.41, 5.74) is 2.79. The van der Waals surface area contributed by atoms with E-state index in [0.717, 1.165) is 11.1 Å². The molecule has 0 aliphatic heterocycles. The molecular formula is C17H18N2O4S. The Morgan fingerprint density at radius 3 is 2.50 bits per heavy atom. The Kier molecular flexibility index (Phi) is 4.29. The fourth-order valence-corrected chi connectivity index (χ4v) is 3.42. The number of hydrogen-bond donors (Lipinski definition) is 2. The molecule has 0 unspecified atom stereocenters. The summed E-state index contributed by atoms with van der Waals surface area (Å²) in [5, 5.41) is 0. The summed E-state index contributed by atoms with van der Waals surface area (Å²) in [6, 6.07) is 11.9. The first-order valence-corrected chi connectivity index (χ1v) is 9.05. The number of hydrogen-bond acceptors (Lipinski definition) is 4. The molecule has 7 heteroatoms. The van der Waals surface area contributed by atoms with Crippen molar-refractivity contribution in [3.8, 4) is 0 Å². The second-order valence-electron chi connectivity index (χ2n) is 5.89. The van der Waals surface area contributed by atoms with Gasteiger partial charge in [0.25, 0.3) is 0 Å². The van der Waals surface area contributed by atoms with Gasteiger partial charge in [-0.2, -0.15) is 0 Å². The maximum absolute atomic E-state index is 12.4. The SMILES string of the molecule is CC(C)c1ccc(S(=O)(=O)NCc2ccc3oc(=O)[nH]c3c2)cc1. The molecule has 0 atom stereocenters. The number of aromatic nitrogens is 1. The molecule has 0 saturated carbocycles. The predicted octanol–water partition coefficient (Wildman–Crippen LogP) is 2.72. The number of benzene rings is 2. The number of rotatable bonds is 5. The second-order valence-corrected chi connectivity index (χ2v) is 7.66. The maximum atomic E-state index is 12.4. The van der Waals surface area contributed by atoms with Crippen LogP contribution in [0.4, 0.5) is 0 Å². The van der Waals surface area contributed by atoms with Crippen molar-refractivity contribution in [1.82, 2.24) is 9.71 Å². The van der Waals surface area contributed by atoms with E-state index in [1.807, 2.05) is 12.1 Å². The third kappa shape index (κ3) is 3.42. The molecule has 0 aliphatic rings. The van der Waals surface area contributed by atoms with E-state index in [1.165, 1.54) is 0 Å². The van der Waals surface area contributed by atoms with Crippen molar-refractivity contribution in [3.63, 3.8) is 0 Å². The van der Waals surface area contributed by atoms with Crippen LogP contribution in [0.25, 0.3) is 11.1 Å². The molecule has 24 heavy (non-hydrogen) atoms. The van der Waals surface area contributed by atoms with Gasteiger partial charge in [0.05, 0.1) is 10.4 Å². The van der Waals surface area contributed by atoms with Gasteiger partial charge in [-0.1, -0.05) is 32.0 Å². The van der Waals surface area contributed by atoms with Crippen LogP contribution < -0.4 is 10.5 Å². The number of H-pyrrole nitrogens is 1. The van der Waals surface area contributed by atoms with Crippen LogP contribution in [0.1, 0.15) is 30.9 Å². The van der Waals surface area contributed by atoms with Crippen molar-refractivity contribution >= 4 is 21.1 Å². The van der Waals surface area contributed by atoms with Gasteiger partial charge in [0, 0.05) is 6.54 Å². The monoisotopic (exact) mass is 346 g/mol.